The number of benzene rings is 1. The molecule has 1 aromatic heterocycles. The molecule has 0 saturated carbocycles. The molecule has 6 heteroatoms. The molecule has 5 nitrogen and oxygen atoms in total. The number of nitrogens with one attached hydrogen (secondary N) is 2. The Labute approximate surface area is 103 Å². The molecule has 0 bridgehead atoms. The van der Waals surface area contributed by atoms with Crippen LogP contribution in [0.5, 0.6) is 0 Å². The van der Waals surface area contributed by atoms with Crippen LogP contribution >= 0.6 is 11.6 Å². The van der Waals surface area contributed by atoms with Gasteiger partial charge >= 0.3 is 0 Å². The summed E-state index contributed by atoms with van der Waals surface area (Å²) in [7, 11) is 0. The molecule has 0 unspecified atom stereocenters. The first kappa shape index (κ1) is 11.5. The highest BCUT2D eigenvalue weighted by Crippen LogP contribution is 2.26. The van der Waals surface area contributed by atoms with E-state index in [9.17, 15) is 10.1 Å². The minimum atomic E-state index is -0.472. The molecule has 88 valence electrons. The fourth-order valence-electron chi connectivity index (χ4n) is 1.43. The maximum Gasteiger partial charge on any atom is 0.271 e. The summed E-state index contributed by atoms with van der Waals surface area (Å²) in [6.45, 7) is 0.588. The number of rotatable bonds is 4. The second-order valence-electron chi connectivity index (χ2n) is 3.47. The molecule has 0 aliphatic rings. The zero-order valence-corrected chi connectivity index (χ0v) is 9.57. The van der Waals surface area contributed by atoms with Crippen LogP contribution in [0.3, 0.4) is 0 Å². The van der Waals surface area contributed by atoms with E-state index in [-0.39, 0.29) is 5.69 Å². The van der Waals surface area contributed by atoms with Gasteiger partial charge in [0.25, 0.3) is 5.69 Å². The molecule has 0 aliphatic heterocycles. The lowest BCUT2D eigenvalue weighted by Gasteiger charge is -2.06. The quantitative estimate of drug-likeness (QED) is 0.648. The van der Waals surface area contributed by atoms with Gasteiger partial charge < -0.3 is 10.3 Å². The third kappa shape index (κ3) is 2.76. The van der Waals surface area contributed by atoms with Gasteiger partial charge in [-0.2, -0.15) is 0 Å². The zero-order chi connectivity index (χ0) is 12.3. The van der Waals surface area contributed by atoms with Crippen molar-refractivity contribution in [3.05, 3.63) is 57.4 Å². The first-order valence-corrected chi connectivity index (χ1v) is 5.34. The number of aromatic amines is 1. The molecule has 0 fully saturated rings. The molecule has 1 aromatic carbocycles. The first-order chi connectivity index (χ1) is 8.16. The van der Waals surface area contributed by atoms with Crippen LogP contribution in [0.1, 0.15) is 5.69 Å². The first-order valence-electron chi connectivity index (χ1n) is 4.97. The van der Waals surface area contributed by atoms with Crippen molar-refractivity contribution in [3.8, 4) is 0 Å². The molecule has 0 atom stereocenters. The molecule has 0 saturated heterocycles. The maximum atomic E-state index is 10.5. The van der Waals surface area contributed by atoms with E-state index in [0.717, 1.165) is 5.69 Å². The number of aromatic nitrogens is 1. The summed E-state index contributed by atoms with van der Waals surface area (Å²) in [4.78, 5) is 13.1. The fourth-order valence-corrected chi connectivity index (χ4v) is 1.67. The lowest BCUT2D eigenvalue weighted by Crippen LogP contribution is -2.00. The molecule has 0 aliphatic carbocycles. The van der Waals surface area contributed by atoms with Crippen molar-refractivity contribution in [2.45, 2.75) is 6.54 Å². The second kappa shape index (κ2) is 4.88. The fraction of sp³-hybridized carbons (Fsp3) is 0.0909. The van der Waals surface area contributed by atoms with E-state index in [1.165, 1.54) is 12.1 Å². The summed E-state index contributed by atoms with van der Waals surface area (Å²) < 4.78 is 0. The monoisotopic (exact) mass is 251 g/mol. The lowest BCUT2D eigenvalue weighted by molar-refractivity contribution is -0.384. The van der Waals surface area contributed by atoms with Gasteiger partial charge in [-0.1, -0.05) is 11.6 Å². The summed E-state index contributed by atoms with van der Waals surface area (Å²) in [5.41, 5.74) is 1.67. The van der Waals surface area contributed by atoms with Crippen LogP contribution < -0.4 is 5.32 Å². The molecular formula is C11H10ClN3O2. The SMILES string of the molecule is O=[N+]([O-])c1ccc(NCc2ccc[nH]2)c(Cl)c1. The van der Waals surface area contributed by atoms with Crippen molar-refractivity contribution in [1.82, 2.24) is 4.98 Å². The van der Waals surface area contributed by atoms with E-state index >= 15 is 0 Å². The summed E-state index contributed by atoms with van der Waals surface area (Å²) in [6.07, 6.45) is 1.83. The van der Waals surface area contributed by atoms with Crippen LogP contribution in [0.2, 0.25) is 5.02 Å². The van der Waals surface area contributed by atoms with Crippen molar-refractivity contribution in [3.63, 3.8) is 0 Å². The Hall–Kier alpha value is -2.01. The molecule has 2 rings (SSSR count). The van der Waals surface area contributed by atoms with Gasteiger partial charge in [-0.25, -0.2) is 0 Å². The minimum absolute atomic E-state index is 0.0135. The van der Waals surface area contributed by atoms with Crippen LogP contribution in [0.4, 0.5) is 11.4 Å². The topological polar surface area (TPSA) is 71.0 Å². The Bertz CT molecular complexity index is 526. The number of nitro groups is 1. The van der Waals surface area contributed by atoms with Crippen LogP contribution in [0, 0.1) is 10.1 Å². The van der Waals surface area contributed by atoms with E-state index in [1.807, 2.05) is 18.3 Å². The van der Waals surface area contributed by atoms with Crippen molar-refractivity contribution >= 4 is 23.0 Å². The number of halogens is 1. The van der Waals surface area contributed by atoms with Gasteiger partial charge in [0.15, 0.2) is 0 Å². The van der Waals surface area contributed by atoms with Crippen molar-refractivity contribution in [2.75, 3.05) is 5.32 Å². The van der Waals surface area contributed by atoms with Gasteiger partial charge in [0.1, 0.15) is 0 Å². The van der Waals surface area contributed by atoms with Crippen molar-refractivity contribution in [1.29, 1.82) is 0 Å². The standard InChI is InChI=1S/C11H10ClN3O2/c12-10-6-9(15(16)17)3-4-11(10)14-7-8-2-1-5-13-8/h1-6,13-14H,7H2. The van der Waals surface area contributed by atoms with Gasteiger partial charge in [-0.05, 0) is 18.2 Å². The van der Waals surface area contributed by atoms with Crippen LogP contribution in [-0.4, -0.2) is 9.91 Å². The van der Waals surface area contributed by atoms with Gasteiger partial charge in [0.05, 0.1) is 22.2 Å². The number of nitro benzene ring substituents is 1. The lowest BCUT2D eigenvalue weighted by atomic mass is 10.2. The third-order valence-corrected chi connectivity index (χ3v) is 2.61. The largest absolute Gasteiger partial charge is 0.378 e. The number of hydrogen-bond acceptors (Lipinski definition) is 3. The number of non-ortho nitro benzene ring substituents is 1. The van der Waals surface area contributed by atoms with Crippen LogP contribution in [0.15, 0.2) is 36.5 Å². The molecule has 0 spiro atoms. The van der Waals surface area contributed by atoms with Gasteiger partial charge in [0.2, 0.25) is 0 Å². The Balaban J connectivity index is 2.09. The highest BCUT2D eigenvalue weighted by atomic mass is 35.5. The maximum absolute atomic E-state index is 10.5. The number of anilines is 1. The van der Waals surface area contributed by atoms with Crippen LogP contribution in [0.25, 0.3) is 0 Å². The molecule has 2 aromatic rings. The summed E-state index contributed by atoms with van der Waals surface area (Å²) >= 11 is 5.94. The zero-order valence-electron chi connectivity index (χ0n) is 8.81. The smallest absolute Gasteiger partial charge is 0.271 e. The Morgan fingerprint density at radius 1 is 1.41 bits per heavy atom. The molecule has 1 heterocycles. The van der Waals surface area contributed by atoms with E-state index in [1.54, 1.807) is 6.07 Å². The Kier molecular flexibility index (Phi) is 3.30. The van der Waals surface area contributed by atoms with Gasteiger partial charge in [-0.3, -0.25) is 10.1 Å². The molecule has 0 amide bonds. The summed E-state index contributed by atoms with van der Waals surface area (Å²) in [5, 5.41) is 14.0. The normalized spacial score (nSPS) is 10.2. The van der Waals surface area contributed by atoms with Gasteiger partial charge in [0, 0.05) is 24.0 Å². The van der Waals surface area contributed by atoms with Crippen molar-refractivity contribution < 1.29 is 4.92 Å². The second-order valence-corrected chi connectivity index (χ2v) is 3.88. The third-order valence-electron chi connectivity index (χ3n) is 2.30. The molecular weight excluding hydrogens is 242 g/mol. The van der Waals surface area contributed by atoms with Crippen LogP contribution in [-0.2, 0) is 6.54 Å². The van der Waals surface area contributed by atoms with E-state index in [4.69, 9.17) is 11.6 Å². The highest BCUT2D eigenvalue weighted by Gasteiger charge is 2.08. The summed E-state index contributed by atoms with van der Waals surface area (Å²) in [6, 6.07) is 8.19. The van der Waals surface area contributed by atoms with E-state index in [2.05, 4.69) is 10.3 Å². The summed E-state index contributed by atoms with van der Waals surface area (Å²) in [5.74, 6) is 0. The predicted octanol–water partition coefficient (Wildman–Crippen LogP) is 3.19. The average Bonchev–Trinajstić information content (AvgIpc) is 2.80. The number of nitrogens with zero attached hydrogens (tertiary/aromatic N) is 1. The van der Waals surface area contributed by atoms with Gasteiger partial charge in [-0.15, -0.1) is 0 Å². The predicted molar refractivity (Wildman–Crippen MR) is 66.2 cm³/mol. The highest BCUT2D eigenvalue weighted by molar-refractivity contribution is 6.33. The number of hydrogen-bond donors (Lipinski definition) is 2. The molecule has 17 heavy (non-hydrogen) atoms. The van der Waals surface area contributed by atoms with E-state index in [0.29, 0.717) is 17.3 Å². The Morgan fingerprint density at radius 3 is 2.82 bits per heavy atom. The molecule has 0 radical (unpaired) electrons. The minimum Gasteiger partial charge on any atom is -0.378 e. The van der Waals surface area contributed by atoms with E-state index < -0.39 is 4.92 Å². The van der Waals surface area contributed by atoms with Crippen molar-refractivity contribution in [2.24, 2.45) is 0 Å². The average molecular weight is 252 g/mol. The Morgan fingerprint density at radius 2 is 2.24 bits per heavy atom. The molecule has 2 N–H and O–H groups in total. The number of H-pyrrole nitrogens is 1.